The van der Waals surface area contributed by atoms with Gasteiger partial charge in [-0.1, -0.05) is 0 Å². The molecule has 0 aliphatic carbocycles. The van der Waals surface area contributed by atoms with Gasteiger partial charge in [-0.3, -0.25) is 4.79 Å². The second kappa shape index (κ2) is 5.37. The van der Waals surface area contributed by atoms with Crippen LogP contribution in [0.25, 0.3) is 10.6 Å². The van der Waals surface area contributed by atoms with E-state index in [0.29, 0.717) is 10.7 Å². The lowest BCUT2D eigenvalue weighted by molar-refractivity contribution is -0.136. The van der Waals surface area contributed by atoms with Gasteiger partial charge in [-0.15, -0.1) is 22.7 Å². The van der Waals surface area contributed by atoms with Gasteiger partial charge >= 0.3 is 5.97 Å². The minimum Gasteiger partial charge on any atom is -0.481 e. The van der Waals surface area contributed by atoms with E-state index in [4.69, 9.17) is 10.2 Å². The second-order valence-corrected chi connectivity index (χ2v) is 7.50. The molecule has 0 fully saturated rings. The summed E-state index contributed by atoms with van der Waals surface area (Å²) in [7, 11) is -3.58. The smallest absolute Gasteiger partial charge is 0.308 e. The number of nitrogens with two attached hydrogens (primary N) is 1. The molecule has 3 N–H and O–H groups in total. The number of primary sulfonamides is 1. The number of hydrogen-bond donors (Lipinski definition) is 2. The monoisotopic (exact) mass is 318 g/mol. The summed E-state index contributed by atoms with van der Waals surface area (Å²) < 4.78 is 21.9. The Balaban J connectivity index is 2.18. The second-order valence-electron chi connectivity index (χ2n) is 3.77. The molecule has 2 aromatic heterocycles. The SMILES string of the molecule is NS(=O)(=O)Cc1nc(-c2ccc(CC(=O)O)s2)cs1. The molecule has 0 aliphatic heterocycles. The average Bonchev–Trinajstić information content (AvgIpc) is 2.83. The van der Waals surface area contributed by atoms with Crippen molar-refractivity contribution in [3.63, 3.8) is 0 Å². The Morgan fingerprint density at radius 2 is 2.16 bits per heavy atom. The Kier molecular flexibility index (Phi) is 3.99. The molecule has 2 rings (SSSR count). The van der Waals surface area contributed by atoms with Crippen molar-refractivity contribution in [3.05, 3.63) is 27.4 Å². The van der Waals surface area contributed by atoms with Crippen LogP contribution in [0.15, 0.2) is 17.5 Å². The largest absolute Gasteiger partial charge is 0.481 e. The summed E-state index contributed by atoms with van der Waals surface area (Å²) >= 11 is 2.54. The quantitative estimate of drug-likeness (QED) is 0.863. The van der Waals surface area contributed by atoms with Crippen LogP contribution in [-0.2, 0) is 27.0 Å². The highest BCUT2D eigenvalue weighted by molar-refractivity contribution is 7.88. The van der Waals surface area contributed by atoms with E-state index in [9.17, 15) is 13.2 Å². The highest BCUT2D eigenvalue weighted by Crippen LogP contribution is 2.29. The van der Waals surface area contributed by atoms with E-state index in [1.54, 1.807) is 17.5 Å². The van der Waals surface area contributed by atoms with Crippen LogP contribution in [0.5, 0.6) is 0 Å². The average molecular weight is 318 g/mol. The number of rotatable bonds is 5. The molecular weight excluding hydrogens is 308 g/mol. The predicted molar refractivity (Wildman–Crippen MR) is 73.6 cm³/mol. The van der Waals surface area contributed by atoms with E-state index in [-0.39, 0.29) is 12.2 Å². The van der Waals surface area contributed by atoms with Crippen LogP contribution in [0.3, 0.4) is 0 Å². The van der Waals surface area contributed by atoms with Gasteiger partial charge in [0.25, 0.3) is 0 Å². The molecule has 2 heterocycles. The fourth-order valence-electron chi connectivity index (χ4n) is 1.42. The number of nitrogens with zero attached hydrogens (tertiary/aromatic N) is 1. The first-order chi connectivity index (χ1) is 8.83. The minimum atomic E-state index is -3.58. The molecule has 0 radical (unpaired) electrons. The topological polar surface area (TPSA) is 110 Å². The van der Waals surface area contributed by atoms with Crippen LogP contribution in [0.1, 0.15) is 9.88 Å². The van der Waals surface area contributed by atoms with E-state index < -0.39 is 16.0 Å². The van der Waals surface area contributed by atoms with Crippen molar-refractivity contribution >= 4 is 38.7 Å². The number of thiophene rings is 1. The van der Waals surface area contributed by atoms with Gasteiger partial charge in [0.2, 0.25) is 10.0 Å². The van der Waals surface area contributed by atoms with Gasteiger partial charge in [-0.25, -0.2) is 18.5 Å². The van der Waals surface area contributed by atoms with Crippen LogP contribution in [0.4, 0.5) is 0 Å². The van der Waals surface area contributed by atoms with Crippen molar-refractivity contribution in [1.82, 2.24) is 4.98 Å². The fraction of sp³-hybridized carbons (Fsp3) is 0.200. The van der Waals surface area contributed by atoms with E-state index in [2.05, 4.69) is 4.98 Å². The first-order valence-corrected chi connectivity index (χ1v) is 8.50. The van der Waals surface area contributed by atoms with Crippen LogP contribution >= 0.6 is 22.7 Å². The zero-order valence-electron chi connectivity index (χ0n) is 9.57. The lowest BCUT2D eigenvalue weighted by Crippen LogP contribution is -2.14. The molecule has 0 spiro atoms. The summed E-state index contributed by atoms with van der Waals surface area (Å²) in [6, 6.07) is 3.51. The number of carboxylic acids is 1. The van der Waals surface area contributed by atoms with E-state index in [0.717, 1.165) is 9.75 Å². The molecule has 0 saturated carbocycles. The zero-order chi connectivity index (χ0) is 14.0. The van der Waals surface area contributed by atoms with Gasteiger partial charge < -0.3 is 5.11 Å². The molecule has 19 heavy (non-hydrogen) atoms. The number of carboxylic acid groups (broad SMARTS) is 1. The van der Waals surface area contributed by atoms with Gasteiger partial charge in [0.1, 0.15) is 10.8 Å². The molecule has 0 aromatic carbocycles. The third-order valence-electron chi connectivity index (χ3n) is 2.12. The maximum absolute atomic E-state index is 11.0. The maximum atomic E-state index is 11.0. The summed E-state index contributed by atoms with van der Waals surface area (Å²) in [5.74, 6) is -1.17. The molecule has 0 saturated heterocycles. The Bertz CT molecular complexity index is 702. The van der Waals surface area contributed by atoms with Crippen molar-refractivity contribution in [3.8, 4) is 10.6 Å². The van der Waals surface area contributed by atoms with Crippen molar-refractivity contribution in [2.75, 3.05) is 0 Å². The van der Waals surface area contributed by atoms with E-state index in [1.807, 2.05) is 0 Å². The number of carbonyl (C=O) groups is 1. The third-order valence-corrected chi connectivity index (χ3v) is 4.93. The summed E-state index contributed by atoms with van der Waals surface area (Å²) in [5.41, 5.74) is 0.644. The standard InChI is InChI=1S/C10H10N2O4S3/c11-19(15,16)5-9-12-7(4-17-9)8-2-1-6(18-8)3-10(13)14/h1-2,4H,3,5H2,(H,13,14)(H2,11,15,16). The summed E-state index contributed by atoms with van der Waals surface area (Å²) in [6.07, 6.45) is -0.0289. The lowest BCUT2D eigenvalue weighted by Gasteiger charge is -1.92. The summed E-state index contributed by atoms with van der Waals surface area (Å²) in [5, 5.41) is 15.8. The molecule has 0 unspecified atom stereocenters. The Morgan fingerprint density at radius 1 is 1.42 bits per heavy atom. The molecule has 9 heteroatoms. The van der Waals surface area contributed by atoms with Crippen LogP contribution in [-0.4, -0.2) is 24.5 Å². The maximum Gasteiger partial charge on any atom is 0.308 e. The summed E-state index contributed by atoms with van der Waals surface area (Å²) in [4.78, 5) is 16.3. The molecule has 0 aliphatic rings. The van der Waals surface area contributed by atoms with E-state index in [1.165, 1.54) is 22.7 Å². The Hall–Kier alpha value is -1.29. The normalized spacial score (nSPS) is 11.6. The minimum absolute atomic E-state index is 0.0289. The zero-order valence-corrected chi connectivity index (χ0v) is 12.0. The number of hydrogen-bond acceptors (Lipinski definition) is 6. The van der Waals surface area contributed by atoms with Gasteiger partial charge in [0.05, 0.1) is 17.0 Å². The first-order valence-electron chi connectivity index (χ1n) is 5.09. The summed E-state index contributed by atoms with van der Waals surface area (Å²) in [6.45, 7) is 0. The first kappa shape index (κ1) is 14.1. The molecule has 0 atom stereocenters. The molecule has 6 nitrogen and oxygen atoms in total. The van der Waals surface area contributed by atoms with Crippen LogP contribution in [0, 0.1) is 0 Å². The van der Waals surface area contributed by atoms with Gasteiger partial charge in [0.15, 0.2) is 0 Å². The van der Waals surface area contributed by atoms with Gasteiger partial charge in [-0.05, 0) is 12.1 Å². The van der Waals surface area contributed by atoms with Crippen molar-refractivity contribution < 1.29 is 18.3 Å². The highest BCUT2D eigenvalue weighted by Gasteiger charge is 2.12. The number of aromatic nitrogens is 1. The van der Waals surface area contributed by atoms with Crippen molar-refractivity contribution in [2.45, 2.75) is 12.2 Å². The fourth-order valence-corrected chi connectivity index (χ4v) is 4.21. The van der Waals surface area contributed by atoms with Crippen LogP contribution < -0.4 is 5.14 Å². The van der Waals surface area contributed by atoms with Crippen molar-refractivity contribution in [1.29, 1.82) is 0 Å². The Morgan fingerprint density at radius 3 is 2.79 bits per heavy atom. The van der Waals surface area contributed by atoms with Gasteiger partial charge in [0, 0.05) is 10.3 Å². The van der Waals surface area contributed by atoms with Gasteiger partial charge in [-0.2, -0.15) is 0 Å². The van der Waals surface area contributed by atoms with Crippen molar-refractivity contribution in [2.24, 2.45) is 5.14 Å². The van der Waals surface area contributed by atoms with E-state index >= 15 is 0 Å². The molecule has 102 valence electrons. The number of sulfonamides is 1. The Labute approximate surface area is 117 Å². The highest BCUT2D eigenvalue weighted by atomic mass is 32.2. The molecule has 0 amide bonds. The number of thiazole rings is 1. The predicted octanol–water partition coefficient (Wildman–Crippen LogP) is 1.29. The molecule has 2 aromatic rings. The third kappa shape index (κ3) is 4.10. The van der Waals surface area contributed by atoms with Crippen LogP contribution in [0.2, 0.25) is 0 Å². The number of aliphatic carboxylic acids is 1. The molecule has 0 bridgehead atoms. The lowest BCUT2D eigenvalue weighted by atomic mass is 10.3. The molecular formula is C10H10N2O4S3.